The van der Waals surface area contributed by atoms with Crippen molar-refractivity contribution in [2.24, 2.45) is 5.92 Å². The van der Waals surface area contributed by atoms with Gasteiger partial charge in [0.25, 0.3) is 9.05 Å². The van der Waals surface area contributed by atoms with E-state index in [2.05, 4.69) is 5.32 Å². The zero-order valence-electron chi connectivity index (χ0n) is 9.64. The summed E-state index contributed by atoms with van der Waals surface area (Å²) in [6.45, 7) is 0. The summed E-state index contributed by atoms with van der Waals surface area (Å²) in [5, 5.41) is 2.65. The molecule has 1 fully saturated rings. The predicted molar refractivity (Wildman–Crippen MR) is 67.4 cm³/mol. The second-order valence-electron chi connectivity index (χ2n) is 4.07. The average molecular weight is 290 g/mol. The molecular weight excluding hydrogens is 278 g/mol. The molecule has 0 unspecified atom stereocenters. The van der Waals surface area contributed by atoms with Crippen molar-refractivity contribution in [3.8, 4) is 5.75 Å². The predicted octanol–water partition coefficient (Wildman–Crippen LogP) is 1.97. The Bertz CT molecular complexity index is 581. The Morgan fingerprint density at radius 3 is 2.61 bits per heavy atom. The van der Waals surface area contributed by atoms with Crippen LogP contribution < -0.4 is 10.1 Å². The molecule has 1 aromatic rings. The molecule has 0 spiro atoms. The second-order valence-corrected chi connectivity index (χ2v) is 6.60. The summed E-state index contributed by atoms with van der Waals surface area (Å²) in [6, 6.07) is 4.32. The molecule has 2 rings (SSSR count). The van der Waals surface area contributed by atoms with Crippen molar-refractivity contribution in [2.45, 2.75) is 17.7 Å². The van der Waals surface area contributed by atoms with Gasteiger partial charge in [-0.15, -0.1) is 0 Å². The fourth-order valence-electron chi connectivity index (χ4n) is 1.53. The molecule has 5 nitrogen and oxygen atoms in total. The van der Waals surface area contributed by atoms with Crippen molar-refractivity contribution in [2.75, 3.05) is 12.4 Å². The largest absolute Gasteiger partial charge is 0.495 e. The van der Waals surface area contributed by atoms with Crippen LogP contribution >= 0.6 is 10.7 Å². The molecule has 0 atom stereocenters. The maximum absolute atomic E-state index is 11.6. The topological polar surface area (TPSA) is 72.5 Å². The first kappa shape index (κ1) is 13.2. The van der Waals surface area contributed by atoms with Gasteiger partial charge >= 0.3 is 0 Å². The van der Waals surface area contributed by atoms with Gasteiger partial charge in [-0.05, 0) is 31.0 Å². The molecule has 0 aromatic heterocycles. The third-order valence-corrected chi connectivity index (χ3v) is 3.99. The number of carbonyl (C=O) groups is 1. The van der Waals surface area contributed by atoms with E-state index in [1.807, 2.05) is 0 Å². The molecule has 1 aromatic carbocycles. The van der Waals surface area contributed by atoms with Gasteiger partial charge in [-0.25, -0.2) is 8.42 Å². The molecule has 1 amide bonds. The van der Waals surface area contributed by atoms with Gasteiger partial charge in [0, 0.05) is 22.3 Å². The Balaban J connectivity index is 2.30. The number of anilines is 1. The molecule has 98 valence electrons. The van der Waals surface area contributed by atoms with Crippen LogP contribution in [0.3, 0.4) is 0 Å². The Morgan fingerprint density at radius 2 is 2.11 bits per heavy atom. The summed E-state index contributed by atoms with van der Waals surface area (Å²) in [7, 11) is 2.74. The molecular formula is C11H12ClNO4S. The van der Waals surface area contributed by atoms with Crippen LogP contribution in [-0.2, 0) is 13.8 Å². The summed E-state index contributed by atoms with van der Waals surface area (Å²) in [4.78, 5) is 11.4. The van der Waals surface area contributed by atoms with Gasteiger partial charge in [-0.2, -0.15) is 0 Å². The number of carbonyl (C=O) groups excluding carboxylic acids is 1. The van der Waals surface area contributed by atoms with Crippen LogP contribution in [0.5, 0.6) is 5.75 Å². The molecule has 7 heteroatoms. The van der Waals surface area contributed by atoms with E-state index < -0.39 is 9.05 Å². The van der Waals surface area contributed by atoms with E-state index in [1.165, 1.54) is 19.2 Å². The van der Waals surface area contributed by atoms with Crippen LogP contribution in [0.2, 0.25) is 0 Å². The van der Waals surface area contributed by atoms with Crippen LogP contribution in [0, 0.1) is 5.92 Å². The van der Waals surface area contributed by atoms with Gasteiger partial charge in [-0.1, -0.05) is 0 Å². The van der Waals surface area contributed by atoms with Crippen molar-refractivity contribution in [3.63, 3.8) is 0 Å². The lowest BCUT2D eigenvalue weighted by atomic mass is 10.3. The number of nitrogens with one attached hydrogen (secondary N) is 1. The smallest absolute Gasteiger partial charge is 0.265 e. The summed E-state index contributed by atoms with van der Waals surface area (Å²) < 4.78 is 27.7. The van der Waals surface area contributed by atoms with Crippen LogP contribution in [0.1, 0.15) is 12.8 Å². The Hall–Kier alpha value is -1.27. The molecule has 0 saturated heterocycles. The monoisotopic (exact) mass is 289 g/mol. The number of benzene rings is 1. The Kier molecular flexibility index (Phi) is 3.49. The van der Waals surface area contributed by atoms with Gasteiger partial charge in [0.15, 0.2) is 0 Å². The van der Waals surface area contributed by atoms with Crippen molar-refractivity contribution >= 4 is 31.3 Å². The number of amides is 1. The van der Waals surface area contributed by atoms with E-state index in [0.717, 1.165) is 12.8 Å². The quantitative estimate of drug-likeness (QED) is 0.860. The highest BCUT2D eigenvalue weighted by Crippen LogP contribution is 2.32. The third kappa shape index (κ3) is 2.94. The summed E-state index contributed by atoms with van der Waals surface area (Å²) >= 11 is 0. The number of hydrogen-bond acceptors (Lipinski definition) is 4. The van der Waals surface area contributed by atoms with E-state index >= 15 is 0 Å². The normalized spacial score (nSPS) is 15.2. The minimum absolute atomic E-state index is 0.0446. The number of methoxy groups -OCH3 is 1. The average Bonchev–Trinajstić information content (AvgIpc) is 3.11. The molecule has 0 heterocycles. The van der Waals surface area contributed by atoms with Crippen molar-refractivity contribution in [1.29, 1.82) is 0 Å². The molecule has 1 saturated carbocycles. The maximum Gasteiger partial charge on any atom is 0.265 e. The van der Waals surface area contributed by atoms with Crippen molar-refractivity contribution in [3.05, 3.63) is 18.2 Å². The number of halogens is 1. The standard InChI is InChI=1S/C11H12ClNO4S/c1-17-9-5-4-8(6-10(9)18(12,15)16)13-11(14)7-2-3-7/h4-7H,2-3H2,1H3,(H,13,14). The molecule has 0 bridgehead atoms. The van der Waals surface area contributed by atoms with E-state index in [9.17, 15) is 13.2 Å². The van der Waals surface area contributed by atoms with E-state index in [4.69, 9.17) is 15.4 Å². The van der Waals surface area contributed by atoms with Gasteiger partial charge in [0.2, 0.25) is 5.91 Å². The van der Waals surface area contributed by atoms with Crippen LogP contribution in [0.25, 0.3) is 0 Å². The van der Waals surface area contributed by atoms with Gasteiger partial charge < -0.3 is 10.1 Å². The van der Waals surface area contributed by atoms with E-state index in [1.54, 1.807) is 6.07 Å². The first-order chi connectivity index (χ1) is 8.41. The summed E-state index contributed by atoms with van der Waals surface area (Å²) in [5.41, 5.74) is 0.395. The highest BCUT2D eigenvalue weighted by molar-refractivity contribution is 8.13. The first-order valence-corrected chi connectivity index (χ1v) is 7.66. The third-order valence-electron chi connectivity index (χ3n) is 2.64. The van der Waals surface area contributed by atoms with Gasteiger partial charge in [-0.3, -0.25) is 4.79 Å². The Labute approximate surface area is 110 Å². The van der Waals surface area contributed by atoms with Gasteiger partial charge in [0.05, 0.1) is 7.11 Å². The van der Waals surface area contributed by atoms with Crippen LogP contribution in [-0.4, -0.2) is 21.4 Å². The van der Waals surface area contributed by atoms with Gasteiger partial charge in [0.1, 0.15) is 10.6 Å². The van der Waals surface area contributed by atoms with Crippen LogP contribution in [0.15, 0.2) is 23.1 Å². The highest BCUT2D eigenvalue weighted by Gasteiger charge is 2.29. The lowest BCUT2D eigenvalue weighted by Crippen LogP contribution is -2.13. The van der Waals surface area contributed by atoms with E-state index in [-0.39, 0.29) is 22.5 Å². The fourth-order valence-corrected chi connectivity index (χ4v) is 2.56. The molecule has 1 N–H and O–H groups in total. The number of hydrogen-bond donors (Lipinski definition) is 1. The molecule has 1 aliphatic rings. The van der Waals surface area contributed by atoms with E-state index in [0.29, 0.717) is 5.69 Å². The Morgan fingerprint density at radius 1 is 1.44 bits per heavy atom. The minimum atomic E-state index is -3.91. The molecule has 0 radical (unpaired) electrons. The molecule has 1 aliphatic carbocycles. The van der Waals surface area contributed by atoms with Crippen molar-refractivity contribution < 1.29 is 17.9 Å². The lowest BCUT2D eigenvalue weighted by Gasteiger charge is -2.09. The van der Waals surface area contributed by atoms with Crippen LogP contribution in [0.4, 0.5) is 5.69 Å². The zero-order valence-corrected chi connectivity index (χ0v) is 11.2. The first-order valence-electron chi connectivity index (χ1n) is 5.35. The number of ether oxygens (including phenoxy) is 1. The molecule has 18 heavy (non-hydrogen) atoms. The fraction of sp³-hybridized carbons (Fsp3) is 0.364. The zero-order chi connectivity index (χ0) is 13.3. The summed E-state index contributed by atoms with van der Waals surface area (Å²) in [6.07, 6.45) is 1.76. The molecule has 0 aliphatic heterocycles. The SMILES string of the molecule is COc1ccc(NC(=O)C2CC2)cc1S(=O)(=O)Cl. The second kappa shape index (κ2) is 4.78. The van der Waals surface area contributed by atoms with Crippen molar-refractivity contribution in [1.82, 2.24) is 0 Å². The number of rotatable bonds is 4. The maximum atomic E-state index is 11.6. The lowest BCUT2D eigenvalue weighted by molar-refractivity contribution is -0.117. The highest BCUT2D eigenvalue weighted by atomic mass is 35.7. The summed E-state index contributed by atoms with van der Waals surface area (Å²) in [5.74, 6) is 0.0932. The minimum Gasteiger partial charge on any atom is -0.495 e.